The molecule has 1 aromatic carbocycles. The number of nitrogens with zero attached hydrogens (tertiary/aromatic N) is 4. The molecule has 1 aliphatic carbocycles. The Labute approximate surface area is 152 Å². The number of hydrogen-bond acceptors (Lipinski definition) is 5. The maximum atomic E-state index is 12.8. The second kappa shape index (κ2) is 7.65. The second-order valence-electron chi connectivity index (χ2n) is 6.17. The van der Waals surface area contributed by atoms with Gasteiger partial charge in [-0.05, 0) is 48.4 Å². The number of tetrazole rings is 1. The van der Waals surface area contributed by atoms with Crippen molar-refractivity contribution in [2.45, 2.75) is 55.2 Å². The lowest BCUT2D eigenvalue weighted by Gasteiger charge is -2.15. The van der Waals surface area contributed by atoms with Gasteiger partial charge in [0.05, 0.1) is 16.9 Å². The first-order valence-corrected chi connectivity index (χ1v) is 9.15. The largest absolute Gasteiger partial charge is 0.416 e. The number of carbonyl (C=O) groups excluding carboxylic acids is 1. The zero-order valence-electron chi connectivity index (χ0n) is 14.0. The van der Waals surface area contributed by atoms with Gasteiger partial charge in [-0.1, -0.05) is 30.7 Å². The number of rotatable bonds is 5. The normalized spacial score (nSPS) is 16.6. The smallest absolute Gasteiger partial charge is 0.325 e. The lowest BCUT2D eigenvalue weighted by Crippen LogP contribution is -2.23. The number of amides is 1. The standard InChI is InChI=1S/C16H18F3N5OS/c1-10(26-15-21-22-23-24(15)13-7-2-3-8-13)14(25)20-12-6-4-5-11(9-12)16(17,18)19/h4-6,9-10,13H,2-3,7-8H2,1H3,(H,20,25)/t10-/m0/s1. The highest BCUT2D eigenvalue weighted by atomic mass is 32.2. The Morgan fingerprint density at radius 1 is 1.35 bits per heavy atom. The van der Waals surface area contributed by atoms with Gasteiger partial charge in [0, 0.05) is 5.69 Å². The highest BCUT2D eigenvalue weighted by molar-refractivity contribution is 8.00. The molecule has 1 atom stereocenters. The fourth-order valence-corrected chi connectivity index (χ4v) is 3.73. The summed E-state index contributed by atoms with van der Waals surface area (Å²) in [6.45, 7) is 1.67. The number of benzene rings is 1. The Morgan fingerprint density at radius 3 is 2.77 bits per heavy atom. The summed E-state index contributed by atoms with van der Waals surface area (Å²) in [7, 11) is 0. The number of nitrogens with one attached hydrogen (secondary N) is 1. The third-order valence-electron chi connectivity index (χ3n) is 4.24. The number of thioether (sulfide) groups is 1. The molecule has 0 bridgehead atoms. The van der Waals surface area contributed by atoms with Crippen molar-refractivity contribution in [3.63, 3.8) is 0 Å². The van der Waals surface area contributed by atoms with Crippen LogP contribution in [-0.2, 0) is 11.0 Å². The summed E-state index contributed by atoms with van der Waals surface area (Å²) in [4.78, 5) is 12.3. The molecule has 1 amide bonds. The molecular formula is C16H18F3N5OS. The summed E-state index contributed by atoms with van der Waals surface area (Å²) in [6, 6.07) is 4.80. The molecule has 1 aliphatic rings. The molecule has 140 valence electrons. The molecule has 10 heteroatoms. The maximum absolute atomic E-state index is 12.8. The van der Waals surface area contributed by atoms with Crippen LogP contribution in [0.15, 0.2) is 29.4 Å². The minimum Gasteiger partial charge on any atom is -0.325 e. The van der Waals surface area contributed by atoms with Gasteiger partial charge in [0.25, 0.3) is 0 Å². The molecule has 0 spiro atoms. The first-order valence-electron chi connectivity index (χ1n) is 8.27. The van der Waals surface area contributed by atoms with Crippen molar-refractivity contribution in [1.29, 1.82) is 0 Å². The van der Waals surface area contributed by atoms with E-state index in [0.29, 0.717) is 5.16 Å². The molecule has 0 aliphatic heterocycles. The molecule has 1 saturated carbocycles. The SMILES string of the molecule is C[C@H](Sc1nnnn1C1CCCC1)C(=O)Nc1cccc(C(F)(F)F)c1. The third-order valence-corrected chi connectivity index (χ3v) is 5.29. The van der Waals surface area contributed by atoms with Crippen molar-refractivity contribution in [1.82, 2.24) is 20.2 Å². The lowest BCUT2D eigenvalue weighted by molar-refractivity contribution is -0.137. The summed E-state index contributed by atoms with van der Waals surface area (Å²) in [6.07, 6.45) is -0.197. The number of alkyl halides is 3. The fourth-order valence-electron chi connectivity index (χ4n) is 2.87. The predicted molar refractivity (Wildman–Crippen MR) is 90.7 cm³/mol. The summed E-state index contributed by atoms with van der Waals surface area (Å²) < 4.78 is 40.0. The monoisotopic (exact) mass is 385 g/mol. The van der Waals surface area contributed by atoms with Crippen LogP contribution in [0.25, 0.3) is 0 Å². The minimum absolute atomic E-state index is 0.104. The number of aromatic nitrogens is 4. The van der Waals surface area contributed by atoms with E-state index in [1.807, 2.05) is 0 Å². The lowest BCUT2D eigenvalue weighted by atomic mass is 10.2. The molecule has 3 rings (SSSR count). The average molecular weight is 385 g/mol. The summed E-state index contributed by atoms with van der Waals surface area (Å²) in [5.41, 5.74) is -0.701. The van der Waals surface area contributed by atoms with E-state index in [0.717, 1.165) is 37.8 Å². The van der Waals surface area contributed by atoms with Gasteiger partial charge in [-0.15, -0.1) is 5.10 Å². The van der Waals surface area contributed by atoms with Gasteiger partial charge in [-0.3, -0.25) is 4.79 Å². The Morgan fingerprint density at radius 2 is 2.08 bits per heavy atom. The number of halogens is 3. The van der Waals surface area contributed by atoms with E-state index < -0.39 is 22.9 Å². The van der Waals surface area contributed by atoms with Crippen molar-refractivity contribution in [2.24, 2.45) is 0 Å². The molecule has 1 heterocycles. The Balaban J connectivity index is 1.65. The Hall–Kier alpha value is -2.10. The Bertz CT molecular complexity index is 773. The van der Waals surface area contributed by atoms with Crippen LogP contribution < -0.4 is 5.32 Å². The molecule has 2 aromatic rings. The fraction of sp³-hybridized carbons (Fsp3) is 0.500. The molecule has 1 aromatic heterocycles. The number of carbonyl (C=O) groups is 1. The molecule has 26 heavy (non-hydrogen) atoms. The predicted octanol–water partition coefficient (Wildman–Crippen LogP) is 3.93. The van der Waals surface area contributed by atoms with Crippen molar-refractivity contribution < 1.29 is 18.0 Å². The quantitative estimate of drug-likeness (QED) is 0.790. The topological polar surface area (TPSA) is 72.7 Å². The van der Waals surface area contributed by atoms with Crippen molar-refractivity contribution in [3.05, 3.63) is 29.8 Å². The van der Waals surface area contributed by atoms with Crippen LogP contribution in [-0.4, -0.2) is 31.4 Å². The van der Waals surface area contributed by atoms with Gasteiger partial charge in [-0.2, -0.15) is 13.2 Å². The van der Waals surface area contributed by atoms with Crippen LogP contribution in [0.1, 0.15) is 44.2 Å². The molecule has 0 unspecified atom stereocenters. The number of anilines is 1. The highest BCUT2D eigenvalue weighted by Crippen LogP contribution is 2.33. The van der Waals surface area contributed by atoms with Crippen molar-refractivity contribution >= 4 is 23.4 Å². The third kappa shape index (κ3) is 4.35. The highest BCUT2D eigenvalue weighted by Gasteiger charge is 2.31. The molecule has 0 radical (unpaired) electrons. The molecule has 6 nitrogen and oxygen atoms in total. The summed E-state index contributed by atoms with van der Waals surface area (Å²) in [5.74, 6) is -0.407. The van der Waals surface area contributed by atoms with E-state index >= 15 is 0 Å². The van der Waals surface area contributed by atoms with E-state index in [-0.39, 0.29) is 11.7 Å². The summed E-state index contributed by atoms with van der Waals surface area (Å²) in [5, 5.41) is 14.2. The van der Waals surface area contributed by atoms with Gasteiger partial charge in [0.2, 0.25) is 11.1 Å². The minimum atomic E-state index is -4.45. The summed E-state index contributed by atoms with van der Waals surface area (Å²) >= 11 is 1.19. The van der Waals surface area contributed by atoms with E-state index in [1.54, 1.807) is 11.6 Å². The van der Waals surface area contributed by atoms with Crippen molar-refractivity contribution in [2.75, 3.05) is 5.32 Å². The Kier molecular flexibility index (Phi) is 5.49. The second-order valence-corrected chi connectivity index (χ2v) is 7.48. The van der Waals surface area contributed by atoms with E-state index in [9.17, 15) is 18.0 Å². The zero-order valence-corrected chi connectivity index (χ0v) is 14.8. The van der Waals surface area contributed by atoms with Gasteiger partial charge in [0.15, 0.2) is 0 Å². The van der Waals surface area contributed by atoms with Crippen LogP contribution in [0.3, 0.4) is 0 Å². The first-order chi connectivity index (χ1) is 12.3. The van der Waals surface area contributed by atoms with E-state index in [1.165, 1.54) is 23.9 Å². The zero-order chi connectivity index (χ0) is 18.7. The molecule has 1 fully saturated rings. The van der Waals surface area contributed by atoms with Crippen LogP contribution in [0.2, 0.25) is 0 Å². The molecule has 0 saturated heterocycles. The first kappa shape index (κ1) is 18.7. The van der Waals surface area contributed by atoms with E-state index in [4.69, 9.17) is 0 Å². The van der Waals surface area contributed by atoms with Gasteiger partial charge >= 0.3 is 6.18 Å². The van der Waals surface area contributed by atoms with Crippen molar-refractivity contribution in [3.8, 4) is 0 Å². The van der Waals surface area contributed by atoms with Gasteiger partial charge < -0.3 is 5.32 Å². The average Bonchev–Trinajstić information content (AvgIpc) is 3.25. The van der Waals surface area contributed by atoms with Gasteiger partial charge in [0.1, 0.15) is 0 Å². The molecular weight excluding hydrogens is 367 g/mol. The van der Waals surface area contributed by atoms with Crippen LogP contribution in [0.5, 0.6) is 0 Å². The van der Waals surface area contributed by atoms with Crippen LogP contribution in [0, 0.1) is 0 Å². The van der Waals surface area contributed by atoms with Crippen LogP contribution in [0.4, 0.5) is 18.9 Å². The maximum Gasteiger partial charge on any atom is 0.416 e. The van der Waals surface area contributed by atoms with Crippen LogP contribution >= 0.6 is 11.8 Å². The van der Waals surface area contributed by atoms with E-state index in [2.05, 4.69) is 20.8 Å². The van der Waals surface area contributed by atoms with Gasteiger partial charge in [-0.25, -0.2) is 4.68 Å². The number of hydrogen-bond donors (Lipinski definition) is 1. The molecule has 1 N–H and O–H groups in total.